The van der Waals surface area contributed by atoms with Crippen molar-refractivity contribution in [2.24, 2.45) is 11.5 Å². The van der Waals surface area contributed by atoms with Crippen molar-refractivity contribution in [3.8, 4) is 11.3 Å². The van der Waals surface area contributed by atoms with Crippen LogP contribution < -0.4 is 11.5 Å². The average Bonchev–Trinajstić information content (AvgIpc) is 2.80. The van der Waals surface area contributed by atoms with Crippen LogP contribution >= 0.6 is 23.2 Å². The second-order valence-corrected chi connectivity index (χ2v) is 4.95. The van der Waals surface area contributed by atoms with Crippen molar-refractivity contribution in [3.05, 3.63) is 46.1 Å². The van der Waals surface area contributed by atoms with Crippen LogP contribution in [-0.4, -0.2) is 5.91 Å². The number of hydrogen-bond donors (Lipinski definition) is 2. The lowest BCUT2D eigenvalue weighted by Gasteiger charge is -2.06. The summed E-state index contributed by atoms with van der Waals surface area (Å²) in [6.07, 6.45) is 0.0240. The third kappa shape index (κ3) is 3.29. The summed E-state index contributed by atoms with van der Waals surface area (Å²) in [5, 5.41) is 1.08. The molecule has 1 heterocycles. The molecule has 0 aliphatic heterocycles. The minimum Gasteiger partial charge on any atom is -0.459 e. The molecule has 1 aromatic heterocycles. The highest BCUT2D eigenvalue weighted by atomic mass is 35.5. The SMILES string of the molecule is NC(=O)C[C@H](N)c1ccc(-c2cc(Cl)ccc2Cl)o1. The third-order valence-electron chi connectivity index (χ3n) is 2.61. The third-order valence-corrected chi connectivity index (χ3v) is 3.17. The molecular formula is C13H12Cl2N2O2. The smallest absolute Gasteiger partial charge is 0.219 e. The maximum atomic E-state index is 10.8. The summed E-state index contributed by atoms with van der Waals surface area (Å²) >= 11 is 12.0. The molecule has 4 N–H and O–H groups in total. The van der Waals surface area contributed by atoms with Crippen molar-refractivity contribution >= 4 is 29.1 Å². The number of furan rings is 1. The highest BCUT2D eigenvalue weighted by Crippen LogP contribution is 2.33. The van der Waals surface area contributed by atoms with Crippen molar-refractivity contribution in [1.82, 2.24) is 0 Å². The molecule has 0 radical (unpaired) electrons. The average molecular weight is 299 g/mol. The van der Waals surface area contributed by atoms with Crippen molar-refractivity contribution in [3.63, 3.8) is 0 Å². The first-order chi connectivity index (χ1) is 8.97. The number of carbonyl (C=O) groups excluding carboxylic acids is 1. The summed E-state index contributed by atoms with van der Waals surface area (Å²) in [6.45, 7) is 0. The monoisotopic (exact) mass is 298 g/mol. The van der Waals surface area contributed by atoms with Gasteiger partial charge in [-0.25, -0.2) is 0 Å². The number of hydrogen-bond acceptors (Lipinski definition) is 3. The summed E-state index contributed by atoms with van der Waals surface area (Å²) in [4.78, 5) is 10.8. The molecule has 1 amide bonds. The second-order valence-electron chi connectivity index (χ2n) is 4.10. The zero-order valence-electron chi connectivity index (χ0n) is 9.90. The second kappa shape index (κ2) is 5.65. The number of nitrogens with two attached hydrogens (primary N) is 2. The Morgan fingerprint density at radius 2 is 2.00 bits per heavy atom. The first-order valence-corrected chi connectivity index (χ1v) is 6.32. The van der Waals surface area contributed by atoms with Gasteiger partial charge in [-0.15, -0.1) is 0 Å². The Hall–Kier alpha value is -1.49. The number of primary amides is 1. The largest absolute Gasteiger partial charge is 0.459 e. The van der Waals surface area contributed by atoms with Gasteiger partial charge in [-0.05, 0) is 30.3 Å². The number of amides is 1. The Morgan fingerprint density at radius 3 is 2.68 bits per heavy atom. The van der Waals surface area contributed by atoms with E-state index in [4.69, 9.17) is 39.1 Å². The van der Waals surface area contributed by atoms with E-state index in [1.54, 1.807) is 30.3 Å². The Morgan fingerprint density at radius 1 is 1.26 bits per heavy atom. The van der Waals surface area contributed by atoms with Gasteiger partial charge in [0.15, 0.2) is 0 Å². The first-order valence-electron chi connectivity index (χ1n) is 5.56. The van der Waals surface area contributed by atoms with E-state index in [9.17, 15) is 4.79 Å². The van der Waals surface area contributed by atoms with Crippen LogP contribution in [0, 0.1) is 0 Å². The summed E-state index contributed by atoms with van der Waals surface area (Å²) in [5.41, 5.74) is 11.6. The lowest BCUT2D eigenvalue weighted by molar-refractivity contribution is -0.118. The van der Waals surface area contributed by atoms with Gasteiger partial charge in [0.1, 0.15) is 11.5 Å². The zero-order chi connectivity index (χ0) is 14.0. The normalized spacial score (nSPS) is 12.4. The van der Waals surface area contributed by atoms with Crippen molar-refractivity contribution in [1.29, 1.82) is 0 Å². The molecule has 4 nitrogen and oxygen atoms in total. The van der Waals surface area contributed by atoms with Crippen LogP contribution in [0.3, 0.4) is 0 Å². The van der Waals surface area contributed by atoms with E-state index in [1.807, 2.05) is 0 Å². The van der Waals surface area contributed by atoms with Crippen molar-refractivity contribution in [2.75, 3.05) is 0 Å². The molecular weight excluding hydrogens is 287 g/mol. The van der Waals surface area contributed by atoms with Gasteiger partial charge in [-0.2, -0.15) is 0 Å². The molecule has 1 aromatic carbocycles. The van der Waals surface area contributed by atoms with Crippen LogP contribution in [0.15, 0.2) is 34.7 Å². The molecule has 0 unspecified atom stereocenters. The van der Waals surface area contributed by atoms with Crippen LogP contribution in [0.5, 0.6) is 0 Å². The van der Waals surface area contributed by atoms with Crippen LogP contribution in [0.4, 0.5) is 0 Å². The number of benzene rings is 1. The maximum Gasteiger partial charge on any atom is 0.219 e. The van der Waals surface area contributed by atoms with Gasteiger partial charge in [0.2, 0.25) is 5.91 Å². The van der Waals surface area contributed by atoms with Crippen molar-refractivity contribution in [2.45, 2.75) is 12.5 Å². The summed E-state index contributed by atoms with van der Waals surface area (Å²) in [5.74, 6) is 0.540. The van der Waals surface area contributed by atoms with E-state index in [0.29, 0.717) is 27.1 Å². The molecule has 6 heteroatoms. The number of halogens is 2. The highest BCUT2D eigenvalue weighted by molar-refractivity contribution is 6.35. The molecule has 0 spiro atoms. The molecule has 2 aromatic rings. The summed E-state index contributed by atoms with van der Waals surface area (Å²) < 4.78 is 5.59. The molecule has 0 aliphatic carbocycles. The summed E-state index contributed by atoms with van der Waals surface area (Å²) in [7, 11) is 0. The standard InChI is InChI=1S/C13H12Cl2N2O2/c14-7-1-2-9(15)8(5-7)11-3-4-12(19-11)10(16)6-13(17)18/h1-5,10H,6,16H2,(H2,17,18)/t10-/m0/s1. The molecule has 0 fully saturated rings. The van der Waals surface area contributed by atoms with E-state index in [-0.39, 0.29) is 6.42 Å². The first kappa shape index (κ1) is 13.9. The molecule has 0 saturated carbocycles. The lowest BCUT2D eigenvalue weighted by Crippen LogP contribution is -2.20. The topological polar surface area (TPSA) is 82.2 Å². The molecule has 0 bridgehead atoms. The predicted octanol–water partition coefficient (Wildman–Crippen LogP) is 3.13. The Labute approximate surface area is 120 Å². The van der Waals surface area contributed by atoms with Crippen LogP contribution in [-0.2, 0) is 4.79 Å². The van der Waals surface area contributed by atoms with Crippen LogP contribution in [0.1, 0.15) is 18.2 Å². The maximum absolute atomic E-state index is 10.8. The molecule has 0 saturated heterocycles. The van der Waals surface area contributed by atoms with Gasteiger partial charge >= 0.3 is 0 Å². The van der Waals surface area contributed by atoms with Gasteiger partial charge in [0.25, 0.3) is 0 Å². The molecule has 1 atom stereocenters. The van der Waals surface area contributed by atoms with Crippen molar-refractivity contribution < 1.29 is 9.21 Å². The Bertz CT molecular complexity index is 610. The van der Waals surface area contributed by atoms with E-state index >= 15 is 0 Å². The zero-order valence-corrected chi connectivity index (χ0v) is 11.4. The van der Waals surface area contributed by atoms with Crippen LogP contribution in [0.2, 0.25) is 10.0 Å². The summed E-state index contributed by atoms with van der Waals surface area (Å²) in [6, 6.07) is 7.94. The van der Waals surface area contributed by atoms with E-state index in [2.05, 4.69) is 0 Å². The number of rotatable bonds is 4. The quantitative estimate of drug-likeness (QED) is 0.910. The fourth-order valence-corrected chi connectivity index (χ4v) is 2.08. The van der Waals surface area contributed by atoms with Gasteiger partial charge in [-0.3, -0.25) is 4.79 Å². The molecule has 2 rings (SSSR count). The minimum atomic E-state index is -0.566. The highest BCUT2D eigenvalue weighted by Gasteiger charge is 2.15. The van der Waals surface area contributed by atoms with Gasteiger partial charge in [0.05, 0.1) is 11.1 Å². The predicted molar refractivity (Wildman–Crippen MR) is 74.9 cm³/mol. The molecule has 100 valence electrons. The fraction of sp³-hybridized carbons (Fsp3) is 0.154. The Balaban J connectivity index is 2.30. The van der Waals surface area contributed by atoms with E-state index < -0.39 is 11.9 Å². The lowest BCUT2D eigenvalue weighted by atomic mass is 10.1. The van der Waals surface area contributed by atoms with Gasteiger partial charge in [0, 0.05) is 17.0 Å². The van der Waals surface area contributed by atoms with E-state index in [0.717, 1.165) is 0 Å². The Kier molecular flexibility index (Phi) is 4.14. The fourth-order valence-electron chi connectivity index (χ4n) is 1.70. The van der Waals surface area contributed by atoms with Gasteiger partial charge < -0.3 is 15.9 Å². The minimum absolute atomic E-state index is 0.0240. The van der Waals surface area contributed by atoms with Gasteiger partial charge in [-0.1, -0.05) is 23.2 Å². The van der Waals surface area contributed by atoms with E-state index in [1.165, 1.54) is 0 Å². The number of carbonyl (C=O) groups is 1. The molecule has 19 heavy (non-hydrogen) atoms. The van der Waals surface area contributed by atoms with Crippen LogP contribution in [0.25, 0.3) is 11.3 Å². The molecule has 0 aliphatic rings.